The Morgan fingerprint density at radius 2 is 1.67 bits per heavy atom. The van der Waals surface area contributed by atoms with E-state index in [9.17, 15) is 0 Å². The summed E-state index contributed by atoms with van der Waals surface area (Å²) in [6.45, 7) is 2.23. The summed E-state index contributed by atoms with van der Waals surface area (Å²) in [4.78, 5) is 0. The molecule has 0 unspecified atom stereocenters. The van der Waals surface area contributed by atoms with Gasteiger partial charge in [-0.3, -0.25) is 0 Å². The van der Waals surface area contributed by atoms with Crippen LogP contribution in [-0.4, -0.2) is 0 Å². The van der Waals surface area contributed by atoms with Crippen molar-refractivity contribution >= 4 is 10.8 Å². The molecule has 0 aromatic heterocycles. The fraction of sp³-hybridized carbons (Fsp3) is 0.259. The largest absolute Gasteiger partial charge is 4.00 e. The molecule has 3 heteroatoms. The minimum atomic E-state index is 0. The molecule has 30 heavy (non-hydrogen) atoms. The Labute approximate surface area is 212 Å². The number of hydrogen-bond acceptors (Lipinski definition) is 0. The van der Waals surface area contributed by atoms with Gasteiger partial charge in [0.15, 0.2) is 0 Å². The molecule has 5 rings (SSSR count). The van der Waals surface area contributed by atoms with Gasteiger partial charge < -0.3 is 24.8 Å². The van der Waals surface area contributed by atoms with Crippen LogP contribution in [-0.2, 0) is 45.5 Å². The maximum absolute atomic E-state index is 2.39. The van der Waals surface area contributed by atoms with E-state index < -0.39 is 0 Å². The predicted molar refractivity (Wildman–Crippen MR) is 118 cm³/mol. The maximum Gasteiger partial charge on any atom is 4.00 e. The van der Waals surface area contributed by atoms with E-state index in [0.29, 0.717) is 0 Å². The summed E-state index contributed by atoms with van der Waals surface area (Å²) in [5.41, 5.74) is 7.47. The van der Waals surface area contributed by atoms with Crippen LogP contribution in [0.1, 0.15) is 42.9 Å². The van der Waals surface area contributed by atoms with Gasteiger partial charge in [-0.1, -0.05) is 73.2 Å². The fourth-order valence-corrected chi connectivity index (χ4v) is 4.25. The van der Waals surface area contributed by atoms with Gasteiger partial charge in [0.05, 0.1) is 0 Å². The van der Waals surface area contributed by atoms with Gasteiger partial charge in [0, 0.05) is 0 Å². The first-order valence-corrected chi connectivity index (χ1v) is 10.3. The number of benzene rings is 2. The number of fused-ring (bicyclic) bond motifs is 2. The molecule has 0 N–H and O–H groups in total. The zero-order valence-corrected chi connectivity index (χ0v) is 21.5. The molecule has 0 nitrogen and oxygen atoms in total. The van der Waals surface area contributed by atoms with E-state index in [1.165, 1.54) is 66.0 Å². The summed E-state index contributed by atoms with van der Waals surface area (Å²) in [6.07, 6.45) is 7.66. The van der Waals surface area contributed by atoms with E-state index in [4.69, 9.17) is 0 Å². The molecular weight excluding hydrogens is 486 g/mol. The molecule has 0 atom stereocenters. The van der Waals surface area contributed by atoms with Gasteiger partial charge in [-0.25, -0.2) is 12.1 Å². The van der Waals surface area contributed by atoms with Crippen molar-refractivity contribution < 1.29 is 51.0 Å². The van der Waals surface area contributed by atoms with Gasteiger partial charge in [0.25, 0.3) is 0 Å². The summed E-state index contributed by atoms with van der Waals surface area (Å²) < 4.78 is 0. The Morgan fingerprint density at radius 1 is 0.933 bits per heavy atom. The summed E-state index contributed by atoms with van der Waals surface area (Å²) in [6, 6.07) is 28.5. The fourth-order valence-electron chi connectivity index (χ4n) is 4.25. The van der Waals surface area contributed by atoms with Crippen molar-refractivity contribution in [1.82, 2.24) is 0 Å². The van der Waals surface area contributed by atoms with Crippen LogP contribution in [0.25, 0.3) is 21.9 Å². The van der Waals surface area contributed by atoms with Gasteiger partial charge in [-0.2, -0.15) is 29.8 Å². The van der Waals surface area contributed by atoms with E-state index in [0.717, 1.165) is 0 Å². The van der Waals surface area contributed by atoms with Crippen LogP contribution in [0.2, 0.25) is 0 Å². The second-order valence-corrected chi connectivity index (χ2v) is 7.53. The zero-order valence-electron chi connectivity index (χ0n) is 17.5. The molecule has 4 aromatic rings. The van der Waals surface area contributed by atoms with Crippen molar-refractivity contribution in [1.29, 1.82) is 0 Å². The van der Waals surface area contributed by atoms with E-state index in [-0.39, 0.29) is 51.0 Å². The molecular formula is C27H28Cl2Zr. The van der Waals surface area contributed by atoms with Gasteiger partial charge >= 0.3 is 26.2 Å². The van der Waals surface area contributed by atoms with Crippen LogP contribution in [0, 0.1) is 0 Å². The van der Waals surface area contributed by atoms with E-state index in [1.807, 2.05) is 0 Å². The number of rotatable bonds is 4. The molecule has 1 aliphatic carbocycles. The standard InChI is InChI=1S/C18H15.C9H13.2ClH.Zr/c1-2-6-13(7-3-1)18-16-10-4-8-14(16)12-15-9-5-11-17(15)18;1-2-3-6-9-7-4-5-8-9;;;/h1-4,6-8,10,12H,5,9,11H2;4-5,7-8H,2-3,6H2,1H3;2*1H;/q2*-1;;;+4/p-2. The quantitative estimate of drug-likeness (QED) is 0.362. The third-order valence-electron chi connectivity index (χ3n) is 5.62. The number of aryl methyl sites for hydroxylation is 2. The average Bonchev–Trinajstić information content (AvgIpc) is 3.46. The second-order valence-electron chi connectivity index (χ2n) is 7.53. The van der Waals surface area contributed by atoms with E-state index >= 15 is 0 Å². The topological polar surface area (TPSA) is 0 Å². The first-order chi connectivity index (χ1) is 13.4. The Bertz CT molecular complexity index is 985. The molecule has 0 saturated heterocycles. The van der Waals surface area contributed by atoms with Crippen molar-refractivity contribution in [2.45, 2.75) is 45.4 Å². The van der Waals surface area contributed by atoms with Crippen molar-refractivity contribution in [3.8, 4) is 11.1 Å². The summed E-state index contributed by atoms with van der Waals surface area (Å²) in [7, 11) is 0. The van der Waals surface area contributed by atoms with Crippen LogP contribution < -0.4 is 24.8 Å². The third-order valence-corrected chi connectivity index (χ3v) is 5.62. The molecule has 0 heterocycles. The van der Waals surface area contributed by atoms with Gasteiger partial charge in [0.2, 0.25) is 0 Å². The average molecular weight is 515 g/mol. The van der Waals surface area contributed by atoms with Crippen LogP contribution in [0.3, 0.4) is 0 Å². The first-order valence-electron chi connectivity index (χ1n) is 10.3. The van der Waals surface area contributed by atoms with Gasteiger partial charge in [-0.15, -0.1) is 22.9 Å². The van der Waals surface area contributed by atoms with E-state index in [1.54, 1.807) is 11.1 Å². The first kappa shape index (κ1) is 26.9. The minimum Gasteiger partial charge on any atom is -1.00 e. The second kappa shape index (κ2) is 13.3. The van der Waals surface area contributed by atoms with Crippen LogP contribution in [0.5, 0.6) is 0 Å². The minimum absolute atomic E-state index is 0. The molecule has 1 aliphatic rings. The number of halogens is 2. The Hall–Kier alpha value is -1.14. The Kier molecular flexibility index (Phi) is 11.9. The molecule has 0 aliphatic heterocycles. The molecule has 0 radical (unpaired) electrons. The SMILES string of the molecule is CCCC[c-]1cccc1.[Cl-].[Cl-].[Zr+4].c1ccc(-c2c3c(cc4[cH-]ccc24)CCC3)cc1. The van der Waals surface area contributed by atoms with Crippen molar-refractivity contribution in [3.05, 3.63) is 95.6 Å². The Balaban J connectivity index is 0.000000327. The van der Waals surface area contributed by atoms with E-state index in [2.05, 4.69) is 85.8 Å². The summed E-state index contributed by atoms with van der Waals surface area (Å²) in [5, 5.41) is 2.82. The Morgan fingerprint density at radius 3 is 2.37 bits per heavy atom. The molecule has 4 aromatic carbocycles. The summed E-state index contributed by atoms with van der Waals surface area (Å²) >= 11 is 0. The van der Waals surface area contributed by atoms with Crippen molar-refractivity contribution in [2.75, 3.05) is 0 Å². The molecule has 0 bridgehead atoms. The summed E-state index contributed by atoms with van der Waals surface area (Å²) in [5.74, 6) is 0. The molecule has 154 valence electrons. The van der Waals surface area contributed by atoms with Crippen LogP contribution >= 0.6 is 0 Å². The molecule has 0 fully saturated rings. The number of hydrogen-bond donors (Lipinski definition) is 0. The monoisotopic (exact) mass is 512 g/mol. The zero-order chi connectivity index (χ0) is 18.5. The molecule has 0 amide bonds. The molecule has 0 spiro atoms. The maximum atomic E-state index is 2.39. The van der Waals surface area contributed by atoms with Crippen molar-refractivity contribution in [2.24, 2.45) is 0 Å². The molecule has 0 saturated carbocycles. The van der Waals surface area contributed by atoms with Crippen molar-refractivity contribution in [3.63, 3.8) is 0 Å². The van der Waals surface area contributed by atoms with Crippen LogP contribution in [0.15, 0.2) is 78.9 Å². The number of unbranched alkanes of at least 4 members (excludes halogenated alkanes) is 1. The third kappa shape index (κ3) is 6.19. The van der Waals surface area contributed by atoms with Gasteiger partial charge in [-0.05, 0) is 24.8 Å². The predicted octanol–water partition coefficient (Wildman–Crippen LogP) is 1.47. The van der Waals surface area contributed by atoms with Gasteiger partial charge in [0.1, 0.15) is 0 Å². The normalized spacial score (nSPS) is 11.4. The smallest absolute Gasteiger partial charge is 1.00 e. The van der Waals surface area contributed by atoms with Crippen LogP contribution in [0.4, 0.5) is 0 Å².